The molecule has 7 nitrogen and oxygen atoms in total. The molecule has 1 fully saturated rings. The van der Waals surface area contributed by atoms with Crippen molar-refractivity contribution in [3.05, 3.63) is 54.7 Å². The van der Waals surface area contributed by atoms with Crippen molar-refractivity contribution in [3.63, 3.8) is 0 Å². The molecule has 4 N–H and O–H groups in total. The molecule has 1 aliphatic rings. The van der Waals surface area contributed by atoms with Crippen molar-refractivity contribution in [2.75, 3.05) is 44.2 Å². The fraction of sp³-hybridized carbons (Fsp3) is 0.429. The molecule has 0 bridgehead atoms. The number of carbonyl (C=O) groups is 2. The van der Waals surface area contributed by atoms with Crippen LogP contribution in [0.25, 0.3) is 22.0 Å². The molecule has 0 aliphatic carbocycles. The maximum atomic E-state index is 13.6. The van der Waals surface area contributed by atoms with Crippen LogP contribution in [0.4, 0.5) is 10.5 Å². The Kier molecular flexibility index (Phi) is 8.55. The number of hydrogen-bond donors (Lipinski definition) is 2. The predicted octanol–water partition coefficient (Wildman–Crippen LogP) is 4.12. The Bertz CT molecular complexity index is 1120. The molecule has 3 amide bonds. The highest BCUT2D eigenvalue weighted by Gasteiger charge is 2.25. The van der Waals surface area contributed by atoms with Gasteiger partial charge in [0, 0.05) is 50.1 Å². The fourth-order valence-corrected chi connectivity index (χ4v) is 4.77. The van der Waals surface area contributed by atoms with E-state index >= 15 is 0 Å². The van der Waals surface area contributed by atoms with Gasteiger partial charge in [-0.25, -0.2) is 9.59 Å². The van der Waals surface area contributed by atoms with Gasteiger partial charge >= 0.3 is 11.9 Å². The molecule has 2 aromatic carbocycles. The topological polar surface area (TPSA) is 87.3 Å². The quantitative estimate of drug-likeness (QED) is 0.432. The Morgan fingerprint density at radius 1 is 0.914 bits per heavy atom. The van der Waals surface area contributed by atoms with Gasteiger partial charge in [0.1, 0.15) is 0 Å². The van der Waals surface area contributed by atoms with Gasteiger partial charge in [0.2, 0.25) is 0 Å². The summed E-state index contributed by atoms with van der Waals surface area (Å²) >= 11 is 0. The molecule has 1 aromatic heterocycles. The van der Waals surface area contributed by atoms with Crippen LogP contribution in [0.3, 0.4) is 0 Å². The smallest absolute Gasteiger partial charge is 0.324 e. The van der Waals surface area contributed by atoms with Gasteiger partial charge < -0.3 is 14.8 Å². The third-order valence-corrected chi connectivity index (χ3v) is 6.98. The van der Waals surface area contributed by atoms with E-state index in [9.17, 15) is 9.59 Å². The summed E-state index contributed by atoms with van der Waals surface area (Å²) in [6.07, 6.45) is 6.26. The highest BCUT2D eigenvalue weighted by molar-refractivity contribution is 5.92. The van der Waals surface area contributed by atoms with Crippen molar-refractivity contribution in [2.45, 2.75) is 39.0 Å². The summed E-state index contributed by atoms with van der Waals surface area (Å²) in [6.45, 7) is 7.26. The molecular weight excluding hydrogens is 438 g/mol. The Hall–Kier alpha value is -3.16. The molecule has 2 heterocycles. The van der Waals surface area contributed by atoms with Gasteiger partial charge in [0.05, 0.1) is 6.42 Å². The molecule has 0 unspecified atom stereocenters. The third-order valence-electron chi connectivity index (χ3n) is 6.98. The van der Waals surface area contributed by atoms with Crippen LogP contribution in [-0.4, -0.2) is 66.0 Å². The fourth-order valence-electron chi connectivity index (χ4n) is 4.77. The van der Waals surface area contributed by atoms with E-state index in [0.717, 1.165) is 80.7 Å². The average Bonchev–Trinajstić information content (AvgIpc) is 3.36. The predicted molar refractivity (Wildman–Crippen MR) is 141 cm³/mol. The molecule has 4 rings (SSSR count). The standard InChI is InChI=1S/C28H37N5O2/c1-2-31-17-19-32(20-18-31)28(35)33(16-6-4-3-5-7-27(29)34)25-12-10-22(11-13-25)24-9-8-23-14-15-30-26(23)21-24/h8-15,21,30H,2-7,16-20H2,1H3,(H2,29,34)/p+1. The van der Waals surface area contributed by atoms with Gasteiger partial charge in [0.15, 0.2) is 0 Å². The summed E-state index contributed by atoms with van der Waals surface area (Å²) in [5.74, 6) is 0.00327. The molecule has 35 heavy (non-hydrogen) atoms. The maximum Gasteiger partial charge on any atom is 0.324 e. The van der Waals surface area contributed by atoms with Gasteiger partial charge in [-0.2, -0.15) is 0 Å². The number of fused-ring (bicyclic) bond motifs is 1. The summed E-state index contributed by atoms with van der Waals surface area (Å²) < 4.78 is 0. The van der Waals surface area contributed by atoms with Gasteiger partial charge in [-0.05, 0) is 60.2 Å². The van der Waals surface area contributed by atoms with Gasteiger partial charge in [0.25, 0.3) is 0 Å². The first-order valence-corrected chi connectivity index (χ1v) is 12.9. The number of piperazine rings is 1. The Morgan fingerprint density at radius 3 is 2.34 bits per heavy atom. The van der Waals surface area contributed by atoms with E-state index in [1.54, 1.807) is 0 Å². The Labute approximate surface area is 207 Å². The number of nitrogens with one attached hydrogen (secondary N) is 1. The van der Waals surface area contributed by atoms with Crippen LogP contribution in [0.1, 0.15) is 39.0 Å². The van der Waals surface area contributed by atoms with E-state index in [1.807, 2.05) is 16.0 Å². The van der Waals surface area contributed by atoms with E-state index in [2.05, 4.69) is 71.1 Å². The monoisotopic (exact) mass is 476 g/mol. The van der Waals surface area contributed by atoms with Crippen LogP contribution in [-0.2, 0) is 4.79 Å². The number of aromatic nitrogens is 1. The van der Waals surface area contributed by atoms with Gasteiger partial charge in [-0.1, -0.05) is 44.0 Å². The number of nitrogens with zero attached hydrogens (tertiary/aromatic N) is 3. The van der Waals surface area contributed by atoms with Crippen LogP contribution >= 0.6 is 0 Å². The minimum atomic E-state index is 0.00327. The molecule has 186 valence electrons. The minimum Gasteiger partial charge on any atom is -0.361 e. The first-order chi connectivity index (χ1) is 17.0. The number of unbranched alkanes of at least 4 members (excludes halogenated alkanes) is 3. The number of hydrogen-bond acceptors (Lipinski definition) is 3. The summed E-state index contributed by atoms with van der Waals surface area (Å²) in [6, 6.07) is 16.9. The second-order valence-corrected chi connectivity index (χ2v) is 9.38. The van der Waals surface area contributed by atoms with Crippen molar-refractivity contribution in [1.29, 1.82) is 0 Å². The van der Waals surface area contributed by atoms with Crippen LogP contribution in [0, 0.1) is 0 Å². The minimum absolute atomic E-state index is 0.00327. The molecule has 0 spiro atoms. The number of likely N-dealkylation sites (N-methyl/N-ethyl adjacent to an activating group) is 1. The number of aromatic amines is 1. The van der Waals surface area contributed by atoms with Crippen LogP contribution in [0.5, 0.6) is 0 Å². The van der Waals surface area contributed by atoms with E-state index in [0.29, 0.717) is 13.0 Å². The molecule has 0 radical (unpaired) electrons. The highest BCUT2D eigenvalue weighted by atomic mass is 16.2. The number of quaternary nitrogens is 1. The molecule has 3 aromatic rings. The highest BCUT2D eigenvalue weighted by Crippen LogP contribution is 2.27. The molecule has 1 aliphatic heterocycles. The van der Waals surface area contributed by atoms with Crippen molar-refractivity contribution >= 4 is 28.5 Å². The first kappa shape index (κ1) is 24.9. The first-order valence-electron chi connectivity index (χ1n) is 12.9. The number of anilines is 1. The van der Waals surface area contributed by atoms with Crippen LogP contribution in [0.15, 0.2) is 54.7 Å². The zero-order chi connectivity index (χ0) is 24.6. The second-order valence-electron chi connectivity index (χ2n) is 9.38. The largest absolute Gasteiger partial charge is 0.361 e. The number of benzene rings is 2. The normalized spacial score (nSPS) is 14.4. The number of urea groups is 1. The number of carbonyl (C=O) groups excluding carboxylic acids is 2. The molecular formula is C28H38N5O2+. The lowest BCUT2D eigenvalue weighted by atomic mass is 10.0. The summed E-state index contributed by atoms with van der Waals surface area (Å²) in [4.78, 5) is 34.2. The average molecular weight is 477 g/mol. The summed E-state index contributed by atoms with van der Waals surface area (Å²) in [5.41, 5.74) is 7.79. The molecule has 7 heteroatoms. The lowest BCUT2D eigenvalue weighted by Crippen LogP contribution is -2.56. The third kappa shape index (κ3) is 6.50. The molecule has 1 saturated heterocycles. The molecule has 0 saturated carbocycles. The van der Waals surface area contributed by atoms with Crippen molar-refractivity contribution < 1.29 is 15.3 Å². The Morgan fingerprint density at radius 2 is 1.63 bits per heavy atom. The summed E-state index contributed by atoms with van der Waals surface area (Å²) in [7, 11) is 0. The number of amides is 3. The zero-order valence-corrected chi connectivity index (χ0v) is 20.8. The maximum absolute atomic E-state index is 13.6. The SMILES string of the molecule is CCN1CCN(C(=O)N(CCCCCCC([NH3+])=O)c2ccc(-c3ccc4cc[nH]c4c3)cc2)CC1. The van der Waals surface area contributed by atoms with E-state index < -0.39 is 0 Å². The lowest BCUT2D eigenvalue weighted by molar-refractivity contribution is -0.305. The number of H-pyrrole nitrogens is 1. The zero-order valence-electron chi connectivity index (χ0n) is 20.8. The Balaban J connectivity index is 1.45. The van der Waals surface area contributed by atoms with Crippen molar-refractivity contribution in [2.24, 2.45) is 0 Å². The number of rotatable bonds is 10. The molecule has 0 atom stereocenters. The second kappa shape index (κ2) is 12.0. The van der Waals surface area contributed by atoms with E-state index in [1.165, 1.54) is 5.39 Å². The van der Waals surface area contributed by atoms with Crippen LogP contribution in [0.2, 0.25) is 0 Å². The van der Waals surface area contributed by atoms with Crippen LogP contribution < -0.4 is 10.6 Å². The lowest BCUT2D eigenvalue weighted by Gasteiger charge is -2.37. The van der Waals surface area contributed by atoms with Crippen molar-refractivity contribution in [3.8, 4) is 11.1 Å². The van der Waals surface area contributed by atoms with E-state index in [-0.39, 0.29) is 11.9 Å². The summed E-state index contributed by atoms with van der Waals surface area (Å²) in [5, 5.41) is 1.20. The van der Waals surface area contributed by atoms with E-state index in [4.69, 9.17) is 0 Å². The van der Waals surface area contributed by atoms with Gasteiger partial charge in [-0.3, -0.25) is 10.6 Å². The van der Waals surface area contributed by atoms with Crippen molar-refractivity contribution in [1.82, 2.24) is 14.8 Å². The van der Waals surface area contributed by atoms with Gasteiger partial charge in [-0.15, -0.1) is 0 Å².